The van der Waals surface area contributed by atoms with Crippen molar-refractivity contribution in [1.29, 1.82) is 0 Å². The third kappa shape index (κ3) is 5.10. The number of methoxy groups -OCH3 is 2. The minimum absolute atomic E-state index is 0.128. The van der Waals surface area contributed by atoms with Gasteiger partial charge in [0.05, 0.1) is 19.9 Å². The Balaban J connectivity index is 2.31. The fourth-order valence-corrected chi connectivity index (χ4v) is 2.17. The standard InChI is InChI=1S/C19H20N2O4/c1-13(22)20-17(11-14-7-5-4-6-8-14)19(23)21-16-12-15(24-2)9-10-18(16)25-3/h4-12H,1-3H3,(H,20,22)(H,21,23). The van der Waals surface area contributed by atoms with Crippen molar-refractivity contribution in [3.05, 3.63) is 59.8 Å². The predicted octanol–water partition coefficient (Wildman–Crippen LogP) is 2.82. The smallest absolute Gasteiger partial charge is 0.272 e. The summed E-state index contributed by atoms with van der Waals surface area (Å²) in [6.45, 7) is 1.35. The maximum absolute atomic E-state index is 12.6. The molecule has 0 bridgehead atoms. The fourth-order valence-electron chi connectivity index (χ4n) is 2.17. The molecule has 0 unspecified atom stereocenters. The van der Waals surface area contributed by atoms with E-state index in [-0.39, 0.29) is 11.6 Å². The quantitative estimate of drug-likeness (QED) is 0.793. The molecule has 0 aliphatic heterocycles. The van der Waals surface area contributed by atoms with Crippen molar-refractivity contribution >= 4 is 23.6 Å². The molecule has 0 atom stereocenters. The van der Waals surface area contributed by atoms with Crippen molar-refractivity contribution < 1.29 is 19.1 Å². The average Bonchev–Trinajstić information content (AvgIpc) is 2.61. The molecule has 0 fully saturated rings. The lowest BCUT2D eigenvalue weighted by atomic mass is 10.2. The Labute approximate surface area is 146 Å². The molecule has 2 rings (SSSR count). The maximum atomic E-state index is 12.6. The van der Waals surface area contributed by atoms with Crippen molar-refractivity contribution in [1.82, 2.24) is 5.32 Å². The fraction of sp³-hybridized carbons (Fsp3) is 0.158. The van der Waals surface area contributed by atoms with E-state index in [1.165, 1.54) is 21.1 Å². The summed E-state index contributed by atoms with van der Waals surface area (Å²) < 4.78 is 10.4. The van der Waals surface area contributed by atoms with Crippen molar-refractivity contribution in [3.63, 3.8) is 0 Å². The molecule has 0 heterocycles. The van der Waals surface area contributed by atoms with Crippen LogP contribution in [0.4, 0.5) is 5.69 Å². The number of carbonyl (C=O) groups excluding carboxylic acids is 2. The lowest BCUT2D eigenvalue weighted by Gasteiger charge is -2.13. The lowest BCUT2D eigenvalue weighted by molar-refractivity contribution is -0.120. The van der Waals surface area contributed by atoms with Crippen molar-refractivity contribution in [2.75, 3.05) is 19.5 Å². The van der Waals surface area contributed by atoms with Gasteiger partial charge in [0.1, 0.15) is 17.2 Å². The molecule has 130 valence electrons. The molecule has 6 nitrogen and oxygen atoms in total. The number of benzene rings is 2. The number of hydrogen-bond acceptors (Lipinski definition) is 4. The van der Waals surface area contributed by atoms with Crippen LogP contribution in [-0.4, -0.2) is 26.0 Å². The molecule has 0 aliphatic rings. The third-order valence-electron chi connectivity index (χ3n) is 3.32. The number of anilines is 1. The van der Waals surface area contributed by atoms with Gasteiger partial charge in [-0.3, -0.25) is 9.59 Å². The number of nitrogens with one attached hydrogen (secondary N) is 2. The van der Waals surface area contributed by atoms with Gasteiger partial charge in [0.2, 0.25) is 5.91 Å². The molecular weight excluding hydrogens is 320 g/mol. The van der Waals surface area contributed by atoms with Gasteiger partial charge >= 0.3 is 0 Å². The highest BCUT2D eigenvalue weighted by molar-refractivity contribution is 6.09. The second-order valence-corrected chi connectivity index (χ2v) is 5.17. The zero-order chi connectivity index (χ0) is 18.2. The Morgan fingerprint density at radius 3 is 2.32 bits per heavy atom. The number of amides is 2. The minimum Gasteiger partial charge on any atom is -0.497 e. The van der Waals surface area contributed by atoms with Crippen LogP contribution in [0.25, 0.3) is 6.08 Å². The van der Waals surface area contributed by atoms with Gasteiger partial charge in [-0.1, -0.05) is 30.3 Å². The Morgan fingerprint density at radius 1 is 1.00 bits per heavy atom. The van der Waals surface area contributed by atoms with E-state index in [9.17, 15) is 9.59 Å². The third-order valence-corrected chi connectivity index (χ3v) is 3.32. The topological polar surface area (TPSA) is 76.7 Å². The molecule has 2 amide bonds. The van der Waals surface area contributed by atoms with Crippen LogP contribution in [0.5, 0.6) is 11.5 Å². The van der Waals surface area contributed by atoms with E-state index in [0.717, 1.165) is 5.56 Å². The molecule has 0 saturated heterocycles. The van der Waals surface area contributed by atoms with E-state index in [1.54, 1.807) is 24.3 Å². The molecule has 0 saturated carbocycles. The molecule has 0 radical (unpaired) electrons. The van der Waals surface area contributed by atoms with Gasteiger partial charge in [-0.15, -0.1) is 0 Å². The summed E-state index contributed by atoms with van der Waals surface area (Å²) in [5.41, 5.74) is 1.36. The van der Waals surface area contributed by atoms with E-state index >= 15 is 0 Å². The van der Waals surface area contributed by atoms with E-state index in [1.807, 2.05) is 30.3 Å². The summed E-state index contributed by atoms with van der Waals surface area (Å²) in [5.74, 6) is 0.251. The van der Waals surface area contributed by atoms with Crippen LogP contribution in [0.15, 0.2) is 54.2 Å². The molecule has 0 spiro atoms. The van der Waals surface area contributed by atoms with Crippen LogP contribution in [0, 0.1) is 0 Å². The van der Waals surface area contributed by atoms with Crippen molar-refractivity contribution in [2.24, 2.45) is 0 Å². The molecule has 0 aliphatic carbocycles. The van der Waals surface area contributed by atoms with Gasteiger partial charge in [-0.2, -0.15) is 0 Å². The number of carbonyl (C=O) groups is 2. The van der Waals surface area contributed by atoms with Crippen molar-refractivity contribution in [2.45, 2.75) is 6.92 Å². The summed E-state index contributed by atoms with van der Waals surface area (Å²) in [5, 5.41) is 5.29. The van der Waals surface area contributed by atoms with E-state index in [0.29, 0.717) is 17.2 Å². The summed E-state index contributed by atoms with van der Waals surface area (Å²) in [6.07, 6.45) is 1.60. The summed E-state index contributed by atoms with van der Waals surface area (Å²) in [4.78, 5) is 24.1. The average molecular weight is 340 g/mol. The monoisotopic (exact) mass is 340 g/mol. The van der Waals surface area contributed by atoms with Gasteiger partial charge in [0.25, 0.3) is 5.91 Å². The lowest BCUT2D eigenvalue weighted by Crippen LogP contribution is -2.29. The normalized spacial score (nSPS) is 10.8. The van der Waals surface area contributed by atoms with Gasteiger partial charge in [-0.05, 0) is 23.8 Å². The van der Waals surface area contributed by atoms with Crippen LogP contribution in [-0.2, 0) is 9.59 Å². The first-order valence-electron chi connectivity index (χ1n) is 7.61. The highest BCUT2D eigenvalue weighted by Crippen LogP contribution is 2.29. The maximum Gasteiger partial charge on any atom is 0.272 e. The van der Waals surface area contributed by atoms with Crippen LogP contribution >= 0.6 is 0 Å². The van der Waals surface area contributed by atoms with Crippen molar-refractivity contribution in [3.8, 4) is 11.5 Å². The number of rotatable bonds is 6. The zero-order valence-corrected chi connectivity index (χ0v) is 14.3. The largest absolute Gasteiger partial charge is 0.497 e. The Kier molecular flexibility index (Phi) is 6.17. The van der Waals surface area contributed by atoms with Crippen LogP contribution in [0.1, 0.15) is 12.5 Å². The second kappa shape index (κ2) is 8.54. The van der Waals surface area contributed by atoms with Gasteiger partial charge in [0, 0.05) is 13.0 Å². The molecule has 6 heteroatoms. The molecule has 0 aromatic heterocycles. The Bertz CT molecular complexity index is 785. The SMILES string of the molecule is COc1ccc(OC)c(NC(=O)C(=Cc2ccccc2)NC(C)=O)c1. The van der Waals surface area contributed by atoms with Crippen LogP contribution in [0.3, 0.4) is 0 Å². The number of hydrogen-bond donors (Lipinski definition) is 2. The van der Waals surface area contributed by atoms with E-state index in [2.05, 4.69) is 10.6 Å². The first kappa shape index (κ1) is 18.1. The molecule has 2 N–H and O–H groups in total. The minimum atomic E-state index is -0.467. The second-order valence-electron chi connectivity index (χ2n) is 5.17. The summed E-state index contributed by atoms with van der Waals surface area (Å²) in [7, 11) is 3.04. The number of ether oxygens (including phenoxy) is 2. The van der Waals surface area contributed by atoms with E-state index < -0.39 is 5.91 Å². The van der Waals surface area contributed by atoms with Crippen LogP contribution < -0.4 is 20.1 Å². The Hall–Kier alpha value is -3.28. The highest BCUT2D eigenvalue weighted by Gasteiger charge is 2.14. The van der Waals surface area contributed by atoms with Crippen LogP contribution in [0.2, 0.25) is 0 Å². The molecule has 2 aromatic carbocycles. The molecule has 25 heavy (non-hydrogen) atoms. The van der Waals surface area contributed by atoms with E-state index in [4.69, 9.17) is 9.47 Å². The van der Waals surface area contributed by atoms with Gasteiger partial charge < -0.3 is 20.1 Å². The van der Waals surface area contributed by atoms with Gasteiger partial charge in [0.15, 0.2) is 0 Å². The molecule has 2 aromatic rings. The first-order valence-corrected chi connectivity index (χ1v) is 7.61. The first-order chi connectivity index (χ1) is 12.0. The molecular formula is C19H20N2O4. The van der Waals surface area contributed by atoms with Gasteiger partial charge in [-0.25, -0.2) is 0 Å². The highest BCUT2D eigenvalue weighted by atomic mass is 16.5. The zero-order valence-electron chi connectivity index (χ0n) is 14.3. The predicted molar refractivity (Wildman–Crippen MR) is 96.4 cm³/mol. The summed E-state index contributed by atoms with van der Waals surface area (Å²) >= 11 is 0. The summed E-state index contributed by atoms with van der Waals surface area (Å²) in [6, 6.07) is 14.3. The Morgan fingerprint density at radius 2 is 1.72 bits per heavy atom.